The van der Waals surface area contributed by atoms with E-state index in [1.165, 1.54) is 6.07 Å². The summed E-state index contributed by atoms with van der Waals surface area (Å²) in [6, 6.07) is 3.04. The quantitative estimate of drug-likeness (QED) is 0.610. The lowest BCUT2D eigenvalue weighted by molar-refractivity contribution is -0.385. The Morgan fingerprint density at radius 1 is 1.62 bits per heavy atom. The second-order valence-electron chi connectivity index (χ2n) is 3.49. The van der Waals surface area contributed by atoms with Crippen LogP contribution < -0.4 is 5.32 Å². The molecule has 0 fully saturated rings. The van der Waals surface area contributed by atoms with Gasteiger partial charge >= 0.3 is 0 Å². The highest BCUT2D eigenvalue weighted by Gasteiger charge is 2.11. The van der Waals surface area contributed by atoms with Gasteiger partial charge in [0.05, 0.1) is 11.0 Å². The maximum absolute atomic E-state index is 10.6. The van der Waals surface area contributed by atoms with Crippen molar-refractivity contribution in [2.24, 2.45) is 0 Å². The Hall–Kier alpha value is -1.69. The first-order chi connectivity index (χ1) is 7.54. The van der Waals surface area contributed by atoms with Crippen LogP contribution in [0.1, 0.15) is 12.6 Å². The van der Waals surface area contributed by atoms with Crippen molar-refractivity contribution < 1.29 is 9.66 Å². The molecule has 6 nitrogen and oxygen atoms in total. The molecular weight excluding hydrogens is 210 g/mol. The van der Waals surface area contributed by atoms with Crippen molar-refractivity contribution in [3.63, 3.8) is 0 Å². The summed E-state index contributed by atoms with van der Waals surface area (Å²) in [5, 5.41) is 13.6. The molecule has 0 saturated heterocycles. The Bertz CT molecular complexity index is 382. The first-order valence-corrected chi connectivity index (χ1v) is 4.93. The predicted octanol–water partition coefficient (Wildman–Crippen LogP) is 1.75. The largest absolute Gasteiger partial charge is 0.380 e. The lowest BCUT2D eigenvalue weighted by atomic mass is 10.3. The molecule has 1 aromatic rings. The van der Waals surface area contributed by atoms with Gasteiger partial charge in [0.15, 0.2) is 0 Å². The summed E-state index contributed by atoms with van der Waals surface area (Å²) in [6.07, 6.45) is 0.0669. The molecule has 0 aliphatic heterocycles. The molecule has 16 heavy (non-hydrogen) atoms. The number of ether oxygens (including phenoxy) is 1. The number of nitrogens with one attached hydrogen (secondary N) is 1. The molecule has 0 saturated carbocycles. The van der Waals surface area contributed by atoms with Crippen molar-refractivity contribution in [1.82, 2.24) is 4.98 Å². The van der Waals surface area contributed by atoms with Crippen molar-refractivity contribution in [2.75, 3.05) is 19.0 Å². The van der Waals surface area contributed by atoms with Crippen LogP contribution in [0.15, 0.2) is 12.1 Å². The summed E-state index contributed by atoms with van der Waals surface area (Å²) in [5.74, 6) is 0.618. The number of hydrogen-bond donors (Lipinski definition) is 1. The number of anilines is 1. The highest BCUT2D eigenvalue weighted by Crippen LogP contribution is 2.17. The van der Waals surface area contributed by atoms with Gasteiger partial charge in [-0.15, -0.1) is 0 Å². The summed E-state index contributed by atoms with van der Waals surface area (Å²) in [6.45, 7) is 4.15. The topological polar surface area (TPSA) is 77.3 Å². The highest BCUT2D eigenvalue weighted by atomic mass is 16.6. The second kappa shape index (κ2) is 5.41. The van der Waals surface area contributed by atoms with Gasteiger partial charge in [0.1, 0.15) is 11.5 Å². The Balaban J connectivity index is 2.70. The Kier molecular flexibility index (Phi) is 4.19. The molecule has 1 heterocycles. The van der Waals surface area contributed by atoms with E-state index in [0.717, 1.165) is 0 Å². The minimum absolute atomic E-state index is 0.0327. The van der Waals surface area contributed by atoms with Gasteiger partial charge in [0.2, 0.25) is 0 Å². The highest BCUT2D eigenvalue weighted by molar-refractivity contribution is 5.44. The molecule has 1 unspecified atom stereocenters. The van der Waals surface area contributed by atoms with E-state index < -0.39 is 4.92 Å². The molecule has 88 valence electrons. The summed E-state index contributed by atoms with van der Waals surface area (Å²) in [5.41, 5.74) is 0.436. The molecule has 0 bridgehead atoms. The lowest BCUT2D eigenvalue weighted by Gasteiger charge is -2.11. The van der Waals surface area contributed by atoms with E-state index in [2.05, 4.69) is 10.3 Å². The van der Waals surface area contributed by atoms with Crippen LogP contribution in [-0.2, 0) is 4.74 Å². The van der Waals surface area contributed by atoms with Gasteiger partial charge in [0, 0.05) is 19.7 Å². The van der Waals surface area contributed by atoms with Crippen LogP contribution in [0.2, 0.25) is 0 Å². The number of nitrogens with zero attached hydrogens (tertiary/aromatic N) is 2. The van der Waals surface area contributed by atoms with E-state index in [0.29, 0.717) is 18.1 Å². The van der Waals surface area contributed by atoms with Crippen LogP contribution in [0.4, 0.5) is 11.5 Å². The maximum Gasteiger partial charge on any atom is 0.290 e. The van der Waals surface area contributed by atoms with Crippen LogP contribution in [0.25, 0.3) is 0 Å². The fourth-order valence-corrected chi connectivity index (χ4v) is 1.18. The summed E-state index contributed by atoms with van der Waals surface area (Å²) >= 11 is 0. The molecule has 6 heteroatoms. The zero-order valence-corrected chi connectivity index (χ0v) is 9.56. The average molecular weight is 225 g/mol. The van der Waals surface area contributed by atoms with Gasteiger partial charge in [-0.1, -0.05) is 0 Å². The van der Waals surface area contributed by atoms with Gasteiger partial charge < -0.3 is 10.1 Å². The first kappa shape index (κ1) is 12.4. The molecule has 0 aliphatic rings. The SMILES string of the molecule is COC(C)CNc1ccc([N+](=O)[O-])c(C)n1. The molecule has 1 atom stereocenters. The molecule has 0 aromatic carbocycles. The van der Waals surface area contributed by atoms with Crippen molar-refractivity contribution in [3.05, 3.63) is 27.9 Å². The van der Waals surface area contributed by atoms with E-state index in [1.807, 2.05) is 6.92 Å². The first-order valence-electron chi connectivity index (χ1n) is 4.93. The molecule has 1 N–H and O–H groups in total. The summed E-state index contributed by atoms with van der Waals surface area (Å²) in [7, 11) is 1.63. The van der Waals surface area contributed by atoms with Crippen LogP contribution in [0, 0.1) is 17.0 Å². The zero-order valence-electron chi connectivity index (χ0n) is 9.56. The smallest absolute Gasteiger partial charge is 0.290 e. The van der Waals surface area contributed by atoms with Crippen molar-refractivity contribution >= 4 is 11.5 Å². The van der Waals surface area contributed by atoms with Crippen molar-refractivity contribution in [3.8, 4) is 0 Å². The van der Waals surface area contributed by atoms with Crippen molar-refractivity contribution in [1.29, 1.82) is 0 Å². The number of aryl methyl sites for hydroxylation is 1. The third kappa shape index (κ3) is 3.16. The fraction of sp³-hybridized carbons (Fsp3) is 0.500. The number of aromatic nitrogens is 1. The summed E-state index contributed by atoms with van der Waals surface area (Å²) < 4.78 is 5.07. The number of pyridine rings is 1. The van der Waals surface area contributed by atoms with Gasteiger partial charge in [0.25, 0.3) is 5.69 Å². The third-order valence-corrected chi connectivity index (χ3v) is 2.23. The maximum atomic E-state index is 10.6. The van der Waals surface area contributed by atoms with Gasteiger partial charge in [-0.25, -0.2) is 4.98 Å². The molecule has 0 aliphatic carbocycles. The second-order valence-corrected chi connectivity index (χ2v) is 3.49. The molecule has 0 amide bonds. The van der Waals surface area contributed by atoms with E-state index in [9.17, 15) is 10.1 Å². The minimum atomic E-state index is -0.441. The molecule has 0 radical (unpaired) electrons. The fourth-order valence-electron chi connectivity index (χ4n) is 1.18. The van der Waals surface area contributed by atoms with Crippen LogP contribution >= 0.6 is 0 Å². The van der Waals surface area contributed by atoms with Crippen LogP contribution in [-0.4, -0.2) is 29.7 Å². The number of rotatable bonds is 5. The molecule has 0 spiro atoms. The van der Waals surface area contributed by atoms with E-state index in [4.69, 9.17) is 4.74 Å². The standard InChI is InChI=1S/C10H15N3O3/c1-7(16-3)6-11-10-5-4-9(13(14)15)8(2)12-10/h4-5,7H,6H2,1-3H3,(H,11,12). The van der Waals surface area contributed by atoms with Gasteiger partial charge in [-0.3, -0.25) is 10.1 Å². The Labute approximate surface area is 93.8 Å². The average Bonchev–Trinajstić information content (AvgIpc) is 2.25. The van der Waals surface area contributed by atoms with Crippen LogP contribution in [0.3, 0.4) is 0 Å². The Morgan fingerprint density at radius 2 is 2.31 bits per heavy atom. The molecular formula is C10H15N3O3. The number of hydrogen-bond acceptors (Lipinski definition) is 5. The number of nitro groups is 1. The van der Waals surface area contributed by atoms with E-state index in [-0.39, 0.29) is 11.8 Å². The monoisotopic (exact) mass is 225 g/mol. The van der Waals surface area contributed by atoms with Crippen LogP contribution in [0.5, 0.6) is 0 Å². The van der Waals surface area contributed by atoms with Gasteiger partial charge in [-0.2, -0.15) is 0 Å². The zero-order chi connectivity index (χ0) is 12.1. The normalized spacial score (nSPS) is 12.2. The lowest BCUT2D eigenvalue weighted by Crippen LogP contribution is -2.18. The van der Waals surface area contributed by atoms with Crippen molar-refractivity contribution in [2.45, 2.75) is 20.0 Å². The van der Waals surface area contributed by atoms with E-state index in [1.54, 1.807) is 20.1 Å². The van der Waals surface area contributed by atoms with Gasteiger partial charge in [-0.05, 0) is 19.9 Å². The molecule has 1 aromatic heterocycles. The third-order valence-electron chi connectivity index (χ3n) is 2.23. The number of methoxy groups -OCH3 is 1. The predicted molar refractivity (Wildman–Crippen MR) is 60.6 cm³/mol. The Morgan fingerprint density at radius 3 is 2.81 bits per heavy atom. The molecule has 1 rings (SSSR count). The summed E-state index contributed by atoms with van der Waals surface area (Å²) in [4.78, 5) is 14.2. The minimum Gasteiger partial charge on any atom is -0.380 e. The van der Waals surface area contributed by atoms with E-state index >= 15 is 0 Å².